The molecule has 0 aliphatic carbocycles. The molecule has 0 aliphatic heterocycles. The quantitative estimate of drug-likeness (QED) is 0.845. The van der Waals surface area contributed by atoms with Gasteiger partial charge in [0.15, 0.2) is 23.9 Å². The van der Waals surface area contributed by atoms with Crippen molar-refractivity contribution in [3.8, 4) is 11.5 Å². The molecule has 2 aromatic rings. The Hall–Kier alpha value is -2.08. The van der Waals surface area contributed by atoms with E-state index < -0.39 is 0 Å². The van der Waals surface area contributed by atoms with E-state index in [2.05, 4.69) is 15.5 Å². The SMILES string of the molecule is CNCc1ccc(OCc2nc(C(C)C)no2)c(OC)c1. The fourth-order valence-electron chi connectivity index (χ4n) is 1.85. The number of nitrogens with one attached hydrogen (secondary N) is 1. The second kappa shape index (κ2) is 7.08. The maximum absolute atomic E-state index is 5.70. The van der Waals surface area contributed by atoms with Gasteiger partial charge in [0.25, 0.3) is 5.89 Å². The normalized spacial score (nSPS) is 10.9. The second-order valence-electron chi connectivity index (χ2n) is 5.01. The van der Waals surface area contributed by atoms with E-state index in [1.54, 1.807) is 7.11 Å². The first-order valence-electron chi connectivity index (χ1n) is 6.90. The van der Waals surface area contributed by atoms with Gasteiger partial charge in [-0.2, -0.15) is 4.98 Å². The van der Waals surface area contributed by atoms with Crippen molar-refractivity contribution < 1.29 is 14.0 Å². The van der Waals surface area contributed by atoms with Crippen LogP contribution in [0.15, 0.2) is 22.7 Å². The van der Waals surface area contributed by atoms with Crippen LogP contribution >= 0.6 is 0 Å². The summed E-state index contributed by atoms with van der Waals surface area (Å²) in [7, 11) is 3.52. The molecule has 1 aromatic carbocycles. The van der Waals surface area contributed by atoms with E-state index in [0.29, 0.717) is 23.2 Å². The van der Waals surface area contributed by atoms with Gasteiger partial charge in [-0.3, -0.25) is 0 Å². The molecule has 21 heavy (non-hydrogen) atoms. The number of nitrogens with zero attached hydrogens (tertiary/aromatic N) is 2. The van der Waals surface area contributed by atoms with Crippen LogP contribution in [0.4, 0.5) is 0 Å². The van der Waals surface area contributed by atoms with Gasteiger partial charge in [0.1, 0.15) is 0 Å². The molecule has 6 heteroatoms. The van der Waals surface area contributed by atoms with Crippen LogP contribution in [0.5, 0.6) is 11.5 Å². The van der Waals surface area contributed by atoms with Crippen molar-refractivity contribution in [3.63, 3.8) is 0 Å². The first-order valence-corrected chi connectivity index (χ1v) is 6.90. The van der Waals surface area contributed by atoms with Crippen LogP contribution in [0.1, 0.15) is 37.0 Å². The van der Waals surface area contributed by atoms with Crippen molar-refractivity contribution in [2.45, 2.75) is 32.9 Å². The summed E-state index contributed by atoms with van der Waals surface area (Å²) >= 11 is 0. The lowest BCUT2D eigenvalue weighted by Crippen LogP contribution is -2.05. The standard InChI is InChI=1S/C15H21N3O3/c1-10(2)15-17-14(21-18-15)9-20-12-6-5-11(8-16-3)7-13(12)19-4/h5-7,10,16H,8-9H2,1-4H3. The third-order valence-electron chi connectivity index (χ3n) is 2.96. The molecule has 0 atom stereocenters. The fourth-order valence-corrected chi connectivity index (χ4v) is 1.85. The Labute approximate surface area is 124 Å². The molecule has 0 amide bonds. The number of ether oxygens (including phenoxy) is 2. The summed E-state index contributed by atoms with van der Waals surface area (Å²) in [4.78, 5) is 4.27. The minimum absolute atomic E-state index is 0.224. The Kier molecular flexibility index (Phi) is 5.16. The molecule has 114 valence electrons. The van der Waals surface area contributed by atoms with E-state index in [4.69, 9.17) is 14.0 Å². The summed E-state index contributed by atoms with van der Waals surface area (Å²) in [5.41, 5.74) is 1.13. The molecule has 1 aromatic heterocycles. The lowest BCUT2D eigenvalue weighted by Gasteiger charge is -2.10. The monoisotopic (exact) mass is 291 g/mol. The molecule has 0 unspecified atom stereocenters. The van der Waals surface area contributed by atoms with E-state index in [9.17, 15) is 0 Å². The number of rotatable bonds is 7. The third kappa shape index (κ3) is 3.95. The first kappa shape index (κ1) is 15.3. The highest BCUT2D eigenvalue weighted by Crippen LogP contribution is 2.28. The minimum Gasteiger partial charge on any atom is -0.493 e. The molecule has 2 rings (SSSR count). The zero-order chi connectivity index (χ0) is 15.2. The Morgan fingerprint density at radius 1 is 1.29 bits per heavy atom. The van der Waals surface area contributed by atoms with E-state index >= 15 is 0 Å². The van der Waals surface area contributed by atoms with E-state index in [1.165, 1.54) is 0 Å². The molecule has 0 saturated heterocycles. The average Bonchev–Trinajstić information content (AvgIpc) is 2.95. The second-order valence-corrected chi connectivity index (χ2v) is 5.01. The molecule has 0 aliphatic rings. The fraction of sp³-hybridized carbons (Fsp3) is 0.467. The van der Waals surface area contributed by atoms with Crippen molar-refractivity contribution in [1.29, 1.82) is 0 Å². The lowest BCUT2D eigenvalue weighted by atomic mass is 10.2. The molecular formula is C15H21N3O3. The maximum atomic E-state index is 5.70. The molecule has 1 heterocycles. The number of methoxy groups -OCH3 is 1. The molecule has 0 spiro atoms. The smallest absolute Gasteiger partial charge is 0.264 e. The average molecular weight is 291 g/mol. The van der Waals surface area contributed by atoms with Gasteiger partial charge in [0, 0.05) is 12.5 Å². The lowest BCUT2D eigenvalue weighted by molar-refractivity contribution is 0.233. The van der Waals surface area contributed by atoms with Crippen LogP contribution in [-0.4, -0.2) is 24.3 Å². The largest absolute Gasteiger partial charge is 0.493 e. The Balaban J connectivity index is 2.04. The Morgan fingerprint density at radius 2 is 2.10 bits per heavy atom. The molecular weight excluding hydrogens is 270 g/mol. The van der Waals surface area contributed by atoms with Crippen molar-refractivity contribution in [3.05, 3.63) is 35.5 Å². The van der Waals surface area contributed by atoms with E-state index in [0.717, 1.165) is 12.1 Å². The topological polar surface area (TPSA) is 69.4 Å². The molecule has 6 nitrogen and oxygen atoms in total. The minimum atomic E-state index is 0.224. The predicted molar refractivity (Wildman–Crippen MR) is 78.5 cm³/mol. The summed E-state index contributed by atoms with van der Waals surface area (Å²) in [5, 5.41) is 7.00. The van der Waals surface area contributed by atoms with Gasteiger partial charge in [-0.15, -0.1) is 0 Å². The van der Waals surface area contributed by atoms with Gasteiger partial charge in [-0.05, 0) is 24.7 Å². The molecule has 0 bridgehead atoms. The third-order valence-corrected chi connectivity index (χ3v) is 2.96. The summed E-state index contributed by atoms with van der Waals surface area (Å²) in [6, 6.07) is 5.81. The van der Waals surface area contributed by atoms with Crippen molar-refractivity contribution >= 4 is 0 Å². The summed E-state index contributed by atoms with van der Waals surface area (Å²) < 4.78 is 16.2. The van der Waals surface area contributed by atoms with Crippen molar-refractivity contribution in [2.75, 3.05) is 14.2 Å². The van der Waals surface area contributed by atoms with E-state index in [1.807, 2.05) is 39.1 Å². The molecule has 0 saturated carbocycles. The molecule has 1 N–H and O–H groups in total. The van der Waals surface area contributed by atoms with Gasteiger partial charge in [-0.1, -0.05) is 25.1 Å². The van der Waals surface area contributed by atoms with Crippen LogP contribution < -0.4 is 14.8 Å². The number of hydrogen-bond acceptors (Lipinski definition) is 6. The van der Waals surface area contributed by atoms with Crippen LogP contribution in [0.25, 0.3) is 0 Å². The van der Waals surface area contributed by atoms with Gasteiger partial charge in [0.2, 0.25) is 0 Å². The number of hydrogen-bond donors (Lipinski definition) is 1. The van der Waals surface area contributed by atoms with Crippen molar-refractivity contribution in [1.82, 2.24) is 15.5 Å². The summed E-state index contributed by atoms with van der Waals surface area (Å²) in [5.74, 6) is 2.72. The highest BCUT2D eigenvalue weighted by Gasteiger charge is 2.12. The van der Waals surface area contributed by atoms with Gasteiger partial charge >= 0.3 is 0 Å². The highest BCUT2D eigenvalue weighted by atomic mass is 16.5. The molecule has 0 fully saturated rings. The molecule has 0 radical (unpaired) electrons. The van der Waals surface area contributed by atoms with Crippen LogP contribution in [-0.2, 0) is 13.2 Å². The van der Waals surface area contributed by atoms with E-state index in [-0.39, 0.29) is 12.5 Å². The Bertz CT molecular complexity index is 581. The summed E-state index contributed by atoms with van der Waals surface area (Å²) in [6.45, 7) is 5.03. The first-order chi connectivity index (χ1) is 10.1. The van der Waals surface area contributed by atoms with Crippen LogP contribution in [0.3, 0.4) is 0 Å². The Morgan fingerprint density at radius 3 is 2.71 bits per heavy atom. The maximum Gasteiger partial charge on any atom is 0.264 e. The predicted octanol–water partition coefficient (Wildman–Crippen LogP) is 2.50. The van der Waals surface area contributed by atoms with Crippen molar-refractivity contribution in [2.24, 2.45) is 0 Å². The van der Waals surface area contributed by atoms with Gasteiger partial charge < -0.3 is 19.3 Å². The van der Waals surface area contributed by atoms with Gasteiger partial charge in [0.05, 0.1) is 7.11 Å². The summed E-state index contributed by atoms with van der Waals surface area (Å²) in [6.07, 6.45) is 0. The number of aromatic nitrogens is 2. The highest BCUT2D eigenvalue weighted by molar-refractivity contribution is 5.42. The van der Waals surface area contributed by atoms with Gasteiger partial charge in [-0.25, -0.2) is 0 Å². The zero-order valence-electron chi connectivity index (χ0n) is 12.8. The number of benzene rings is 1. The van der Waals surface area contributed by atoms with Crippen LogP contribution in [0, 0.1) is 0 Å². The zero-order valence-corrected chi connectivity index (χ0v) is 12.8. The van der Waals surface area contributed by atoms with Crippen LogP contribution in [0.2, 0.25) is 0 Å².